The zero-order chi connectivity index (χ0) is 27.2. The van der Waals surface area contributed by atoms with Gasteiger partial charge in [-0.25, -0.2) is 9.97 Å². The number of hydrogen-bond acceptors (Lipinski definition) is 6. The molecule has 5 aromatic rings. The molecule has 0 aliphatic heterocycles. The summed E-state index contributed by atoms with van der Waals surface area (Å²) >= 11 is 1.52. The van der Waals surface area contributed by atoms with Crippen molar-refractivity contribution in [3.8, 4) is 22.5 Å². The van der Waals surface area contributed by atoms with E-state index < -0.39 is 0 Å². The molecule has 2 amide bonds. The number of rotatable bonds is 12. The van der Waals surface area contributed by atoms with Gasteiger partial charge in [0.05, 0.1) is 30.0 Å². The SMILES string of the molecule is CNC(=O)CCCCCC(NC(=O)Cc1csc2nccn12)c1ncc(-c2ccc(-c3ccn(C)n3)cc2)[nH]1. The van der Waals surface area contributed by atoms with E-state index in [1.807, 2.05) is 65.8 Å². The lowest BCUT2D eigenvalue weighted by molar-refractivity contribution is -0.121. The summed E-state index contributed by atoms with van der Waals surface area (Å²) < 4.78 is 3.73. The fourth-order valence-electron chi connectivity index (χ4n) is 4.57. The molecule has 202 valence electrons. The lowest BCUT2D eigenvalue weighted by Gasteiger charge is -2.17. The highest BCUT2D eigenvalue weighted by Crippen LogP contribution is 2.26. The molecule has 1 atom stereocenters. The van der Waals surface area contributed by atoms with E-state index in [2.05, 4.69) is 30.7 Å². The van der Waals surface area contributed by atoms with Gasteiger partial charge in [0.15, 0.2) is 4.96 Å². The first-order valence-electron chi connectivity index (χ1n) is 13.0. The summed E-state index contributed by atoms with van der Waals surface area (Å²) in [7, 11) is 3.55. The Hall–Kier alpha value is -4.25. The number of carbonyl (C=O) groups is 2. The highest BCUT2D eigenvalue weighted by atomic mass is 32.1. The maximum absolute atomic E-state index is 13.1. The summed E-state index contributed by atoms with van der Waals surface area (Å²) in [6.07, 6.45) is 11.4. The van der Waals surface area contributed by atoms with Crippen molar-refractivity contribution in [3.05, 3.63) is 72.0 Å². The van der Waals surface area contributed by atoms with Crippen molar-refractivity contribution in [1.82, 2.24) is 39.8 Å². The van der Waals surface area contributed by atoms with Crippen LogP contribution in [0.4, 0.5) is 0 Å². The molecule has 1 aromatic carbocycles. The van der Waals surface area contributed by atoms with E-state index in [0.717, 1.165) is 64.7 Å². The normalized spacial score (nSPS) is 12.1. The number of imidazole rings is 2. The van der Waals surface area contributed by atoms with Gasteiger partial charge in [-0.15, -0.1) is 11.3 Å². The number of hydrogen-bond donors (Lipinski definition) is 3. The zero-order valence-electron chi connectivity index (χ0n) is 22.1. The van der Waals surface area contributed by atoms with Crippen LogP contribution in [0, 0.1) is 0 Å². The van der Waals surface area contributed by atoms with Gasteiger partial charge in [0, 0.05) is 55.7 Å². The van der Waals surface area contributed by atoms with Crippen LogP contribution >= 0.6 is 11.3 Å². The first kappa shape index (κ1) is 26.4. The Bertz CT molecular complexity index is 1540. The summed E-state index contributed by atoms with van der Waals surface area (Å²) in [4.78, 5) is 37.9. The van der Waals surface area contributed by atoms with Crippen molar-refractivity contribution in [3.63, 3.8) is 0 Å². The molecule has 0 aliphatic rings. The molecule has 0 radical (unpaired) electrons. The van der Waals surface area contributed by atoms with Gasteiger partial charge < -0.3 is 15.6 Å². The number of fused-ring (bicyclic) bond motifs is 1. The summed E-state index contributed by atoms with van der Waals surface area (Å²) in [6.45, 7) is 0. The van der Waals surface area contributed by atoms with E-state index in [1.165, 1.54) is 11.3 Å². The first-order chi connectivity index (χ1) is 19.0. The van der Waals surface area contributed by atoms with Crippen LogP contribution in [-0.2, 0) is 23.1 Å². The topological polar surface area (TPSA) is 122 Å². The van der Waals surface area contributed by atoms with E-state index in [1.54, 1.807) is 17.9 Å². The molecule has 10 nitrogen and oxygen atoms in total. The molecular formula is C28H32N8O2S. The second-order valence-electron chi connectivity index (χ2n) is 9.51. The van der Waals surface area contributed by atoms with Gasteiger partial charge in [-0.2, -0.15) is 5.10 Å². The molecule has 0 saturated carbocycles. The molecule has 0 spiro atoms. The number of thiazole rings is 1. The Morgan fingerprint density at radius 2 is 1.85 bits per heavy atom. The second kappa shape index (κ2) is 12.1. The largest absolute Gasteiger partial charge is 0.359 e. The number of unbranched alkanes of at least 4 members (excludes halogenated alkanes) is 2. The van der Waals surface area contributed by atoms with Crippen LogP contribution in [-0.4, -0.2) is 48.0 Å². The Labute approximate surface area is 230 Å². The number of aromatic nitrogens is 6. The van der Waals surface area contributed by atoms with Gasteiger partial charge in [-0.1, -0.05) is 37.1 Å². The average molecular weight is 545 g/mol. The van der Waals surface area contributed by atoms with E-state index in [0.29, 0.717) is 6.42 Å². The molecule has 3 N–H and O–H groups in total. The number of nitrogens with zero attached hydrogens (tertiary/aromatic N) is 5. The highest BCUT2D eigenvalue weighted by Gasteiger charge is 2.20. The first-order valence-corrected chi connectivity index (χ1v) is 13.9. The minimum atomic E-state index is -0.268. The van der Waals surface area contributed by atoms with Crippen LogP contribution in [0.15, 0.2) is 60.5 Å². The Morgan fingerprint density at radius 3 is 2.62 bits per heavy atom. The summed E-state index contributed by atoms with van der Waals surface area (Å²) in [6, 6.07) is 9.89. The van der Waals surface area contributed by atoms with Crippen LogP contribution in [0.25, 0.3) is 27.5 Å². The van der Waals surface area contributed by atoms with E-state index in [4.69, 9.17) is 0 Å². The zero-order valence-corrected chi connectivity index (χ0v) is 22.9. The molecule has 0 bridgehead atoms. The molecule has 4 aromatic heterocycles. The fourth-order valence-corrected chi connectivity index (χ4v) is 5.42. The summed E-state index contributed by atoms with van der Waals surface area (Å²) in [5.74, 6) is 0.694. The minimum absolute atomic E-state index is 0.0474. The molecule has 4 heterocycles. The predicted octanol–water partition coefficient (Wildman–Crippen LogP) is 4.28. The molecule has 39 heavy (non-hydrogen) atoms. The van der Waals surface area contributed by atoms with Crippen molar-refractivity contribution in [1.29, 1.82) is 0 Å². The molecular weight excluding hydrogens is 512 g/mol. The van der Waals surface area contributed by atoms with Gasteiger partial charge in [0.2, 0.25) is 11.8 Å². The second-order valence-corrected chi connectivity index (χ2v) is 10.3. The van der Waals surface area contributed by atoms with Gasteiger partial charge in [0.25, 0.3) is 0 Å². The summed E-state index contributed by atoms with van der Waals surface area (Å²) in [5.41, 5.74) is 4.76. The van der Waals surface area contributed by atoms with Crippen molar-refractivity contribution in [2.24, 2.45) is 7.05 Å². The van der Waals surface area contributed by atoms with Crippen LogP contribution in [0.1, 0.15) is 49.7 Å². The third-order valence-electron chi connectivity index (χ3n) is 6.70. The van der Waals surface area contributed by atoms with Gasteiger partial charge in [-0.3, -0.25) is 18.7 Å². The Kier molecular flexibility index (Phi) is 8.16. The third-order valence-corrected chi connectivity index (χ3v) is 7.60. The van der Waals surface area contributed by atoms with E-state index >= 15 is 0 Å². The van der Waals surface area contributed by atoms with E-state index in [-0.39, 0.29) is 24.3 Å². The van der Waals surface area contributed by atoms with Crippen LogP contribution in [0.5, 0.6) is 0 Å². The summed E-state index contributed by atoms with van der Waals surface area (Å²) in [5, 5.41) is 12.3. The number of aryl methyl sites for hydroxylation is 1. The molecule has 0 aliphatic carbocycles. The van der Waals surface area contributed by atoms with Crippen molar-refractivity contribution in [2.45, 2.75) is 44.6 Å². The lowest BCUT2D eigenvalue weighted by Crippen LogP contribution is -2.31. The van der Waals surface area contributed by atoms with E-state index in [9.17, 15) is 9.59 Å². The minimum Gasteiger partial charge on any atom is -0.359 e. The Balaban J connectivity index is 1.27. The predicted molar refractivity (Wildman–Crippen MR) is 151 cm³/mol. The number of nitrogens with one attached hydrogen (secondary N) is 3. The van der Waals surface area contributed by atoms with Gasteiger partial charge >= 0.3 is 0 Å². The quantitative estimate of drug-likeness (QED) is 0.202. The number of carbonyl (C=O) groups excluding carboxylic acids is 2. The third kappa shape index (κ3) is 6.43. The molecule has 11 heteroatoms. The van der Waals surface area contributed by atoms with Crippen molar-refractivity contribution in [2.75, 3.05) is 7.05 Å². The molecule has 1 unspecified atom stereocenters. The Morgan fingerprint density at radius 1 is 1.03 bits per heavy atom. The average Bonchev–Trinajstić information content (AvgIpc) is 3.74. The lowest BCUT2D eigenvalue weighted by atomic mass is 10.1. The smallest absolute Gasteiger partial charge is 0.226 e. The number of benzene rings is 1. The molecule has 0 saturated heterocycles. The standard InChI is InChI=1S/C28H32N8O2S/c1-29-25(37)7-5-3-4-6-23(32-26(38)16-21-18-39-28-30-13-15-36(21)28)27-31-17-24(33-27)20-10-8-19(9-11-20)22-12-14-35(2)34-22/h8-15,17-18,23H,3-7,16H2,1-2H3,(H,29,37)(H,31,33)(H,32,38). The fraction of sp³-hybridized carbons (Fsp3) is 0.321. The van der Waals surface area contributed by atoms with Crippen LogP contribution in [0.3, 0.4) is 0 Å². The number of aromatic amines is 1. The highest BCUT2D eigenvalue weighted by molar-refractivity contribution is 7.15. The number of H-pyrrole nitrogens is 1. The van der Waals surface area contributed by atoms with Crippen molar-refractivity contribution < 1.29 is 9.59 Å². The maximum atomic E-state index is 13.1. The van der Waals surface area contributed by atoms with Gasteiger partial charge in [0.1, 0.15) is 5.82 Å². The van der Waals surface area contributed by atoms with Crippen molar-refractivity contribution >= 4 is 28.1 Å². The maximum Gasteiger partial charge on any atom is 0.226 e. The van der Waals surface area contributed by atoms with Crippen LogP contribution in [0.2, 0.25) is 0 Å². The van der Waals surface area contributed by atoms with Crippen LogP contribution < -0.4 is 10.6 Å². The van der Waals surface area contributed by atoms with Gasteiger partial charge in [-0.05, 0) is 24.5 Å². The molecule has 0 fully saturated rings. The monoisotopic (exact) mass is 544 g/mol. The molecule has 5 rings (SSSR count). The number of amides is 2.